The van der Waals surface area contributed by atoms with Gasteiger partial charge in [0.05, 0.1) is 3.79 Å². The lowest BCUT2D eigenvalue weighted by molar-refractivity contribution is 0.241. The molecule has 0 saturated carbocycles. The minimum atomic E-state index is 0.170. The second-order valence-electron chi connectivity index (χ2n) is 4.36. The van der Waals surface area contributed by atoms with E-state index in [-0.39, 0.29) is 6.04 Å². The van der Waals surface area contributed by atoms with E-state index in [0.29, 0.717) is 6.54 Å². The molecule has 6 heteroatoms. The van der Waals surface area contributed by atoms with E-state index >= 15 is 0 Å². The highest BCUT2D eigenvalue weighted by molar-refractivity contribution is 9.11. The lowest BCUT2D eigenvalue weighted by Crippen LogP contribution is -2.30. The van der Waals surface area contributed by atoms with Crippen molar-refractivity contribution in [2.45, 2.75) is 12.6 Å². The third kappa shape index (κ3) is 4.10. The molecule has 0 saturated heterocycles. The Balaban J connectivity index is 2.12. The number of nitrogens with two attached hydrogens (primary N) is 1. The van der Waals surface area contributed by atoms with Crippen LogP contribution < -0.4 is 5.73 Å². The highest BCUT2D eigenvalue weighted by Gasteiger charge is 2.16. The molecule has 2 N–H and O–H groups in total. The third-order valence-electron chi connectivity index (χ3n) is 2.92. The summed E-state index contributed by atoms with van der Waals surface area (Å²) in [6.45, 7) is 1.44. The zero-order valence-corrected chi connectivity index (χ0v) is 14.5. The maximum absolute atomic E-state index is 5.92. The molecule has 2 rings (SSSR count). The van der Waals surface area contributed by atoms with Gasteiger partial charge in [0.1, 0.15) is 0 Å². The van der Waals surface area contributed by atoms with Crippen molar-refractivity contribution in [3.05, 3.63) is 49.3 Å². The van der Waals surface area contributed by atoms with Crippen molar-refractivity contribution >= 4 is 43.2 Å². The van der Waals surface area contributed by atoms with Crippen LogP contribution in [0.4, 0.5) is 0 Å². The van der Waals surface area contributed by atoms with Crippen molar-refractivity contribution in [3.8, 4) is 0 Å². The first kappa shape index (κ1) is 15.1. The molecule has 0 amide bonds. The van der Waals surface area contributed by atoms with Gasteiger partial charge >= 0.3 is 0 Å². The number of thiophene rings is 1. The Bertz CT molecular complexity index is 544. The summed E-state index contributed by atoms with van der Waals surface area (Å²) in [5, 5.41) is 2.16. The van der Waals surface area contributed by atoms with E-state index in [4.69, 9.17) is 5.73 Å². The molecule has 0 aliphatic rings. The summed E-state index contributed by atoms with van der Waals surface area (Å²) in [6.07, 6.45) is 3.66. The van der Waals surface area contributed by atoms with Gasteiger partial charge in [0.2, 0.25) is 0 Å². The molecule has 0 bridgehead atoms. The molecule has 0 spiro atoms. The van der Waals surface area contributed by atoms with E-state index in [9.17, 15) is 0 Å². The average molecular weight is 405 g/mol. The molecule has 0 aromatic carbocycles. The van der Waals surface area contributed by atoms with Gasteiger partial charge in [0.15, 0.2) is 0 Å². The van der Waals surface area contributed by atoms with Crippen molar-refractivity contribution in [1.82, 2.24) is 9.88 Å². The third-order valence-corrected chi connectivity index (χ3v) is 4.91. The number of hydrogen-bond acceptors (Lipinski definition) is 4. The van der Waals surface area contributed by atoms with Crippen LogP contribution in [0.3, 0.4) is 0 Å². The Kier molecular flexibility index (Phi) is 5.53. The Morgan fingerprint density at radius 2 is 2.16 bits per heavy atom. The van der Waals surface area contributed by atoms with Crippen molar-refractivity contribution in [2.75, 3.05) is 13.6 Å². The number of pyridine rings is 1. The first-order valence-electron chi connectivity index (χ1n) is 5.84. The summed E-state index contributed by atoms with van der Waals surface area (Å²) < 4.78 is 2.14. The number of rotatable bonds is 5. The van der Waals surface area contributed by atoms with Gasteiger partial charge in [-0.05, 0) is 67.5 Å². The molecule has 2 aromatic heterocycles. The van der Waals surface area contributed by atoms with E-state index in [1.54, 1.807) is 17.5 Å². The fraction of sp³-hybridized carbons (Fsp3) is 0.308. The fourth-order valence-electron chi connectivity index (χ4n) is 2.01. The summed E-state index contributed by atoms with van der Waals surface area (Å²) in [6, 6.07) is 4.39. The van der Waals surface area contributed by atoms with Crippen LogP contribution in [0.2, 0.25) is 0 Å². The van der Waals surface area contributed by atoms with Crippen molar-refractivity contribution < 1.29 is 0 Å². The summed E-state index contributed by atoms with van der Waals surface area (Å²) in [5.41, 5.74) is 8.35. The maximum atomic E-state index is 5.92. The zero-order valence-electron chi connectivity index (χ0n) is 10.5. The van der Waals surface area contributed by atoms with Crippen LogP contribution in [0.25, 0.3) is 0 Å². The van der Waals surface area contributed by atoms with Gasteiger partial charge in [-0.15, -0.1) is 11.3 Å². The van der Waals surface area contributed by atoms with Crippen LogP contribution in [-0.2, 0) is 6.54 Å². The first-order valence-corrected chi connectivity index (χ1v) is 8.30. The first-order chi connectivity index (χ1) is 9.10. The lowest BCUT2D eigenvalue weighted by Gasteiger charge is -2.26. The monoisotopic (exact) mass is 403 g/mol. The van der Waals surface area contributed by atoms with E-state index in [0.717, 1.165) is 20.4 Å². The topological polar surface area (TPSA) is 42.1 Å². The lowest BCUT2D eigenvalue weighted by atomic mass is 10.1. The van der Waals surface area contributed by atoms with Crippen LogP contribution in [0.1, 0.15) is 17.2 Å². The van der Waals surface area contributed by atoms with Crippen LogP contribution >= 0.6 is 43.2 Å². The van der Waals surface area contributed by atoms with Crippen molar-refractivity contribution in [2.24, 2.45) is 5.73 Å². The average Bonchev–Trinajstić information content (AvgIpc) is 2.75. The van der Waals surface area contributed by atoms with E-state index < -0.39 is 0 Å². The number of hydrogen-bond donors (Lipinski definition) is 1. The molecule has 0 fully saturated rings. The summed E-state index contributed by atoms with van der Waals surface area (Å²) in [5.74, 6) is 0. The van der Waals surface area contributed by atoms with Gasteiger partial charge in [-0.3, -0.25) is 9.88 Å². The van der Waals surface area contributed by atoms with Crippen LogP contribution in [-0.4, -0.2) is 23.5 Å². The van der Waals surface area contributed by atoms with Crippen LogP contribution in [0, 0.1) is 0 Å². The molecule has 3 nitrogen and oxygen atoms in total. The predicted molar refractivity (Wildman–Crippen MR) is 87.2 cm³/mol. The smallest absolute Gasteiger partial charge is 0.0701 e. The standard InChI is InChI=1S/C13H15Br2N3S/c1-18(7-9-2-13(15)19-8-9)12(4-16)10-3-11(14)6-17-5-10/h2-3,5-6,8,12H,4,7,16H2,1H3. The van der Waals surface area contributed by atoms with Crippen LogP contribution in [0.15, 0.2) is 38.2 Å². The molecular formula is C13H15Br2N3S. The van der Waals surface area contributed by atoms with Gasteiger partial charge in [0.25, 0.3) is 0 Å². The Morgan fingerprint density at radius 1 is 1.37 bits per heavy atom. The summed E-state index contributed by atoms with van der Waals surface area (Å²) >= 11 is 8.65. The number of halogens is 2. The minimum absolute atomic E-state index is 0.170. The number of nitrogens with zero attached hydrogens (tertiary/aromatic N) is 2. The van der Waals surface area contributed by atoms with Gasteiger partial charge in [-0.25, -0.2) is 0 Å². The van der Waals surface area contributed by atoms with Gasteiger partial charge in [0, 0.05) is 36.0 Å². The van der Waals surface area contributed by atoms with Gasteiger partial charge < -0.3 is 5.73 Å². The molecule has 0 aliphatic carbocycles. The molecule has 2 aromatic rings. The summed E-state index contributed by atoms with van der Waals surface area (Å²) in [7, 11) is 2.09. The molecule has 2 heterocycles. The van der Waals surface area contributed by atoms with E-state index in [1.807, 2.05) is 6.20 Å². The second kappa shape index (κ2) is 6.95. The Labute approximate surface area is 134 Å². The maximum Gasteiger partial charge on any atom is 0.0701 e. The summed E-state index contributed by atoms with van der Waals surface area (Å²) in [4.78, 5) is 6.46. The van der Waals surface area contributed by atoms with E-state index in [1.165, 1.54) is 5.56 Å². The SMILES string of the molecule is CN(Cc1csc(Br)c1)C(CN)c1cncc(Br)c1. The molecular weight excluding hydrogens is 390 g/mol. The largest absolute Gasteiger partial charge is 0.329 e. The molecule has 102 valence electrons. The highest BCUT2D eigenvalue weighted by atomic mass is 79.9. The van der Waals surface area contributed by atoms with Gasteiger partial charge in [-0.1, -0.05) is 0 Å². The van der Waals surface area contributed by atoms with Crippen molar-refractivity contribution in [1.29, 1.82) is 0 Å². The number of likely N-dealkylation sites (N-methyl/N-ethyl adjacent to an activating group) is 1. The van der Waals surface area contributed by atoms with Crippen molar-refractivity contribution in [3.63, 3.8) is 0 Å². The second-order valence-corrected chi connectivity index (χ2v) is 7.57. The Hall–Kier alpha value is -0.270. The quantitative estimate of drug-likeness (QED) is 0.823. The minimum Gasteiger partial charge on any atom is -0.329 e. The molecule has 1 atom stereocenters. The Morgan fingerprint density at radius 3 is 2.74 bits per heavy atom. The number of aromatic nitrogens is 1. The highest BCUT2D eigenvalue weighted by Crippen LogP contribution is 2.25. The van der Waals surface area contributed by atoms with Gasteiger partial charge in [-0.2, -0.15) is 0 Å². The zero-order chi connectivity index (χ0) is 13.8. The molecule has 1 unspecified atom stereocenters. The molecule has 19 heavy (non-hydrogen) atoms. The molecule has 0 radical (unpaired) electrons. The fourth-order valence-corrected chi connectivity index (χ4v) is 3.59. The van der Waals surface area contributed by atoms with E-state index in [2.05, 4.69) is 66.3 Å². The normalized spacial score (nSPS) is 12.9. The molecule has 0 aliphatic heterocycles. The van der Waals surface area contributed by atoms with Crippen LogP contribution in [0.5, 0.6) is 0 Å². The predicted octanol–water partition coefficient (Wildman–Crippen LogP) is 3.80.